The Morgan fingerprint density at radius 1 is 1.07 bits per heavy atom. The van der Waals surface area contributed by atoms with Gasteiger partial charge >= 0.3 is 0 Å². The van der Waals surface area contributed by atoms with Crippen molar-refractivity contribution in [3.63, 3.8) is 0 Å². The Bertz CT molecular complexity index is 633. The largest absolute Gasteiger partial charge is 0.385 e. The van der Waals surface area contributed by atoms with Crippen LogP contribution in [0.4, 0.5) is 0 Å². The van der Waals surface area contributed by atoms with Crippen molar-refractivity contribution in [2.24, 2.45) is 0 Å². The number of hydrogen-bond acceptors (Lipinski definition) is 4. The van der Waals surface area contributed by atoms with Gasteiger partial charge in [0, 0.05) is 45.3 Å². The van der Waals surface area contributed by atoms with Gasteiger partial charge in [-0.15, -0.1) is 0 Å². The van der Waals surface area contributed by atoms with Crippen molar-refractivity contribution in [2.45, 2.75) is 65.5 Å². The Labute approximate surface area is 177 Å². The van der Waals surface area contributed by atoms with Gasteiger partial charge in [-0.3, -0.25) is 14.6 Å². The second-order valence-corrected chi connectivity index (χ2v) is 8.30. The minimum absolute atomic E-state index is 0.236. The van der Waals surface area contributed by atoms with E-state index in [1.165, 1.54) is 0 Å². The van der Waals surface area contributed by atoms with E-state index in [-0.39, 0.29) is 5.91 Å². The van der Waals surface area contributed by atoms with Crippen molar-refractivity contribution in [1.29, 1.82) is 0 Å². The molecule has 0 aliphatic carbocycles. The van der Waals surface area contributed by atoms with E-state index in [4.69, 9.17) is 0 Å². The first-order chi connectivity index (χ1) is 13.9. The number of rotatable bonds is 5. The average molecular weight is 404 g/mol. The monoisotopic (exact) mass is 403 g/mol. The van der Waals surface area contributed by atoms with Crippen molar-refractivity contribution >= 4 is 5.91 Å². The molecule has 1 aromatic carbocycles. The summed E-state index contributed by atoms with van der Waals surface area (Å²) in [5.41, 5.74) is 1.42. The topological polar surface area (TPSA) is 47.0 Å². The quantitative estimate of drug-likeness (QED) is 0.820. The van der Waals surface area contributed by atoms with Gasteiger partial charge in [-0.05, 0) is 44.2 Å². The molecule has 2 fully saturated rings. The SMILES string of the molecule is CC.CCC(C)N1CCN(C(=O)CN2CCC(O)(c3ccccc3C)CC2)CC1. The molecule has 0 radical (unpaired) electrons. The number of amides is 1. The van der Waals surface area contributed by atoms with Gasteiger partial charge in [0.05, 0.1) is 12.1 Å². The normalized spacial score (nSPS) is 21.2. The number of nitrogens with zero attached hydrogens (tertiary/aromatic N) is 3. The van der Waals surface area contributed by atoms with E-state index in [1.54, 1.807) is 0 Å². The summed E-state index contributed by atoms with van der Waals surface area (Å²) in [5, 5.41) is 11.1. The molecule has 1 atom stereocenters. The van der Waals surface area contributed by atoms with Crippen LogP contribution in [0.25, 0.3) is 0 Å². The zero-order chi connectivity index (χ0) is 21.4. The van der Waals surface area contributed by atoms with Gasteiger partial charge in [0.15, 0.2) is 0 Å². The number of aryl methyl sites for hydroxylation is 1. The van der Waals surface area contributed by atoms with E-state index >= 15 is 0 Å². The first-order valence-electron chi connectivity index (χ1n) is 11.5. The Hall–Kier alpha value is -1.43. The van der Waals surface area contributed by atoms with Gasteiger partial charge in [-0.1, -0.05) is 45.0 Å². The highest BCUT2D eigenvalue weighted by Gasteiger charge is 2.35. The summed E-state index contributed by atoms with van der Waals surface area (Å²) in [6, 6.07) is 8.70. The molecular formula is C24H41N3O2. The third kappa shape index (κ3) is 6.03. The summed E-state index contributed by atoms with van der Waals surface area (Å²) >= 11 is 0. The van der Waals surface area contributed by atoms with E-state index in [9.17, 15) is 9.90 Å². The molecule has 164 valence electrons. The van der Waals surface area contributed by atoms with Gasteiger partial charge in [-0.25, -0.2) is 0 Å². The van der Waals surface area contributed by atoms with Crippen molar-refractivity contribution in [1.82, 2.24) is 14.7 Å². The molecule has 2 heterocycles. The first kappa shape index (κ1) is 23.8. The zero-order valence-electron chi connectivity index (χ0n) is 19.2. The third-order valence-corrected chi connectivity index (χ3v) is 6.57. The lowest BCUT2D eigenvalue weighted by atomic mass is 9.82. The van der Waals surface area contributed by atoms with Crippen LogP contribution in [0.5, 0.6) is 0 Å². The number of aliphatic hydroxyl groups is 1. The molecule has 2 aliphatic heterocycles. The van der Waals surface area contributed by atoms with E-state index in [2.05, 4.69) is 36.6 Å². The molecule has 2 aliphatic rings. The number of hydrogen-bond donors (Lipinski definition) is 1. The Kier molecular flexibility index (Phi) is 9.12. The maximum atomic E-state index is 12.7. The lowest BCUT2D eigenvalue weighted by Crippen LogP contribution is -2.54. The summed E-state index contributed by atoms with van der Waals surface area (Å²) in [6.45, 7) is 16.2. The molecule has 1 aromatic rings. The third-order valence-electron chi connectivity index (χ3n) is 6.57. The maximum Gasteiger partial charge on any atom is 0.236 e. The number of carbonyl (C=O) groups is 1. The standard InChI is InChI=1S/C22H35N3O2.C2H6/c1-4-19(3)24-13-15-25(16-14-24)21(26)17-23-11-9-22(27,10-12-23)20-8-6-5-7-18(20)2;1-2/h5-8,19,27H,4,9-17H2,1-3H3;1-2H3. The summed E-state index contributed by atoms with van der Waals surface area (Å²) in [5.74, 6) is 0.236. The van der Waals surface area contributed by atoms with Gasteiger partial charge in [0.25, 0.3) is 0 Å². The van der Waals surface area contributed by atoms with Crippen LogP contribution in [0.15, 0.2) is 24.3 Å². The molecule has 0 spiro atoms. The van der Waals surface area contributed by atoms with Crippen molar-refractivity contribution in [3.8, 4) is 0 Å². The smallest absolute Gasteiger partial charge is 0.236 e. The summed E-state index contributed by atoms with van der Waals surface area (Å²) in [7, 11) is 0. The fourth-order valence-corrected chi connectivity index (χ4v) is 4.41. The van der Waals surface area contributed by atoms with Crippen LogP contribution in [-0.4, -0.2) is 77.6 Å². The van der Waals surface area contributed by atoms with Crippen LogP contribution in [0, 0.1) is 6.92 Å². The number of likely N-dealkylation sites (tertiary alicyclic amines) is 1. The number of benzene rings is 1. The van der Waals surface area contributed by atoms with E-state index in [1.807, 2.05) is 36.9 Å². The first-order valence-corrected chi connectivity index (χ1v) is 11.5. The number of piperazine rings is 1. The van der Waals surface area contributed by atoms with Gasteiger partial charge in [0.1, 0.15) is 0 Å². The summed E-state index contributed by atoms with van der Waals surface area (Å²) in [4.78, 5) is 19.4. The molecule has 0 aromatic heterocycles. The zero-order valence-corrected chi connectivity index (χ0v) is 19.2. The Morgan fingerprint density at radius 2 is 1.66 bits per heavy atom. The van der Waals surface area contributed by atoms with Crippen LogP contribution >= 0.6 is 0 Å². The van der Waals surface area contributed by atoms with Crippen molar-refractivity contribution in [3.05, 3.63) is 35.4 Å². The molecule has 1 N–H and O–H groups in total. The molecule has 0 saturated carbocycles. The van der Waals surface area contributed by atoms with E-state index in [0.717, 1.165) is 56.8 Å². The van der Waals surface area contributed by atoms with Crippen LogP contribution in [0.3, 0.4) is 0 Å². The van der Waals surface area contributed by atoms with Gasteiger partial charge in [0.2, 0.25) is 5.91 Å². The number of carbonyl (C=O) groups excluding carboxylic acids is 1. The maximum absolute atomic E-state index is 12.7. The predicted molar refractivity (Wildman–Crippen MR) is 120 cm³/mol. The molecular weight excluding hydrogens is 362 g/mol. The van der Waals surface area contributed by atoms with Gasteiger partial charge in [-0.2, -0.15) is 0 Å². The molecule has 5 nitrogen and oxygen atoms in total. The van der Waals surface area contributed by atoms with Crippen LogP contribution in [0.1, 0.15) is 58.1 Å². The summed E-state index contributed by atoms with van der Waals surface area (Å²) < 4.78 is 0. The molecule has 1 amide bonds. The highest BCUT2D eigenvalue weighted by atomic mass is 16.3. The van der Waals surface area contributed by atoms with Crippen molar-refractivity contribution in [2.75, 3.05) is 45.8 Å². The van der Waals surface area contributed by atoms with Crippen LogP contribution < -0.4 is 0 Å². The van der Waals surface area contributed by atoms with E-state index in [0.29, 0.717) is 25.4 Å². The predicted octanol–water partition coefficient (Wildman–Crippen LogP) is 3.25. The average Bonchev–Trinajstić information content (AvgIpc) is 2.76. The van der Waals surface area contributed by atoms with Crippen LogP contribution in [0.2, 0.25) is 0 Å². The molecule has 3 rings (SSSR count). The molecule has 1 unspecified atom stereocenters. The van der Waals surface area contributed by atoms with Crippen molar-refractivity contribution < 1.29 is 9.90 Å². The number of piperidine rings is 1. The minimum Gasteiger partial charge on any atom is -0.385 e. The second kappa shape index (κ2) is 11.1. The molecule has 5 heteroatoms. The summed E-state index contributed by atoms with van der Waals surface area (Å²) in [6.07, 6.45) is 2.53. The van der Waals surface area contributed by atoms with Gasteiger partial charge < -0.3 is 10.0 Å². The molecule has 0 bridgehead atoms. The van der Waals surface area contributed by atoms with E-state index < -0.39 is 5.60 Å². The molecule has 2 saturated heterocycles. The Morgan fingerprint density at radius 3 is 2.21 bits per heavy atom. The lowest BCUT2D eigenvalue weighted by Gasteiger charge is -2.41. The fourth-order valence-electron chi connectivity index (χ4n) is 4.41. The minimum atomic E-state index is -0.757. The molecule has 29 heavy (non-hydrogen) atoms. The van der Waals surface area contributed by atoms with Crippen LogP contribution in [-0.2, 0) is 10.4 Å². The fraction of sp³-hybridized carbons (Fsp3) is 0.708. The highest BCUT2D eigenvalue weighted by Crippen LogP contribution is 2.34. The highest BCUT2D eigenvalue weighted by molar-refractivity contribution is 5.78. The Balaban J connectivity index is 0.00000145. The second-order valence-electron chi connectivity index (χ2n) is 8.30. The lowest BCUT2D eigenvalue weighted by molar-refractivity contribution is -0.135.